The van der Waals surface area contributed by atoms with Crippen LogP contribution < -0.4 is 5.32 Å². The highest BCUT2D eigenvalue weighted by Gasteiger charge is 2.05. The zero-order valence-electron chi connectivity index (χ0n) is 9.67. The molecule has 0 aliphatic rings. The highest BCUT2D eigenvalue weighted by atomic mass is 79.9. The van der Waals surface area contributed by atoms with E-state index in [0.29, 0.717) is 5.69 Å². The van der Waals surface area contributed by atoms with Gasteiger partial charge in [0.15, 0.2) is 0 Å². The van der Waals surface area contributed by atoms with E-state index in [4.69, 9.17) is 5.26 Å². The molecule has 0 radical (unpaired) electrons. The number of hydrogen-bond acceptors (Lipinski definition) is 2. The minimum atomic E-state index is -0.518. The Kier molecular flexibility index (Phi) is 3.63. The van der Waals surface area contributed by atoms with Crippen molar-refractivity contribution in [2.24, 2.45) is 0 Å². The van der Waals surface area contributed by atoms with Crippen LogP contribution in [0.15, 0.2) is 40.9 Å². The number of hydrogen-bond donors (Lipinski definition) is 1. The number of nitrogens with one attached hydrogen (secondary N) is 1. The van der Waals surface area contributed by atoms with Crippen molar-refractivity contribution < 1.29 is 4.39 Å². The Labute approximate surface area is 113 Å². The maximum Gasteiger partial charge on any atom is 0.143 e. The second-order valence-electron chi connectivity index (χ2n) is 3.84. The molecule has 18 heavy (non-hydrogen) atoms. The van der Waals surface area contributed by atoms with Crippen molar-refractivity contribution in [2.75, 3.05) is 5.32 Å². The van der Waals surface area contributed by atoms with E-state index in [1.165, 1.54) is 12.1 Å². The Balaban J connectivity index is 2.32. The quantitative estimate of drug-likeness (QED) is 0.886. The molecule has 0 spiro atoms. The van der Waals surface area contributed by atoms with E-state index in [1.54, 1.807) is 12.1 Å². The molecule has 0 saturated carbocycles. The lowest BCUT2D eigenvalue weighted by molar-refractivity contribution is 0.624. The predicted molar refractivity (Wildman–Crippen MR) is 73.3 cm³/mol. The molecule has 0 aliphatic heterocycles. The van der Waals surface area contributed by atoms with Gasteiger partial charge in [0, 0.05) is 15.8 Å². The van der Waals surface area contributed by atoms with Gasteiger partial charge in [0.1, 0.15) is 11.9 Å². The number of benzene rings is 2. The van der Waals surface area contributed by atoms with Crippen LogP contribution in [0.4, 0.5) is 15.8 Å². The van der Waals surface area contributed by atoms with E-state index in [-0.39, 0.29) is 5.56 Å². The maximum atomic E-state index is 13.5. The van der Waals surface area contributed by atoms with Crippen LogP contribution in [0.2, 0.25) is 0 Å². The summed E-state index contributed by atoms with van der Waals surface area (Å²) >= 11 is 3.44. The summed E-state index contributed by atoms with van der Waals surface area (Å²) in [5.41, 5.74) is 2.61. The fourth-order valence-electron chi connectivity index (χ4n) is 1.58. The molecule has 0 heterocycles. The lowest BCUT2D eigenvalue weighted by atomic mass is 10.1. The largest absolute Gasteiger partial charge is 0.355 e. The molecule has 0 aliphatic carbocycles. The topological polar surface area (TPSA) is 35.8 Å². The molecule has 2 aromatic carbocycles. The number of rotatable bonds is 2. The summed E-state index contributed by atoms with van der Waals surface area (Å²) in [7, 11) is 0. The zero-order valence-corrected chi connectivity index (χ0v) is 11.3. The van der Waals surface area contributed by atoms with Gasteiger partial charge in [0.05, 0.1) is 5.56 Å². The molecular formula is C14H10BrFN2. The van der Waals surface area contributed by atoms with Crippen LogP contribution in [-0.2, 0) is 0 Å². The van der Waals surface area contributed by atoms with E-state index >= 15 is 0 Å². The second kappa shape index (κ2) is 5.19. The van der Waals surface area contributed by atoms with Crippen LogP contribution in [0.25, 0.3) is 0 Å². The van der Waals surface area contributed by atoms with Crippen LogP contribution in [-0.4, -0.2) is 0 Å². The minimum Gasteiger partial charge on any atom is -0.355 e. The first kappa shape index (κ1) is 12.6. The van der Waals surface area contributed by atoms with Gasteiger partial charge in [-0.05, 0) is 42.8 Å². The Hall–Kier alpha value is -1.86. The number of anilines is 2. The normalized spacial score (nSPS) is 9.89. The second-order valence-corrected chi connectivity index (χ2v) is 4.70. The monoisotopic (exact) mass is 304 g/mol. The SMILES string of the molecule is Cc1c(Br)cccc1Nc1ccc(C#N)c(F)c1. The molecule has 1 N–H and O–H groups in total. The van der Waals surface area contributed by atoms with E-state index in [0.717, 1.165) is 15.7 Å². The first-order chi connectivity index (χ1) is 8.61. The summed E-state index contributed by atoms with van der Waals surface area (Å²) in [5.74, 6) is -0.518. The van der Waals surface area contributed by atoms with Gasteiger partial charge >= 0.3 is 0 Å². The van der Waals surface area contributed by atoms with Gasteiger partial charge in [-0.2, -0.15) is 5.26 Å². The van der Waals surface area contributed by atoms with Crippen molar-refractivity contribution in [3.8, 4) is 6.07 Å². The molecule has 2 nitrogen and oxygen atoms in total. The lowest BCUT2D eigenvalue weighted by Gasteiger charge is -2.11. The van der Waals surface area contributed by atoms with Crippen LogP contribution in [0.3, 0.4) is 0 Å². The van der Waals surface area contributed by atoms with Crippen LogP contribution in [0.1, 0.15) is 11.1 Å². The third-order valence-corrected chi connectivity index (χ3v) is 3.50. The average Bonchev–Trinajstić information content (AvgIpc) is 2.35. The van der Waals surface area contributed by atoms with Crippen LogP contribution >= 0.6 is 15.9 Å². The molecule has 0 amide bonds. The van der Waals surface area contributed by atoms with E-state index in [1.807, 2.05) is 25.1 Å². The smallest absolute Gasteiger partial charge is 0.143 e. The van der Waals surface area contributed by atoms with Crippen molar-refractivity contribution in [1.82, 2.24) is 0 Å². The van der Waals surface area contributed by atoms with Gasteiger partial charge in [-0.3, -0.25) is 0 Å². The molecule has 0 saturated heterocycles. The lowest BCUT2D eigenvalue weighted by Crippen LogP contribution is -1.95. The van der Waals surface area contributed by atoms with Gasteiger partial charge in [0.2, 0.25) is 0 Å². The summed E-state index contributed by atoms with van der Waals surface area (Å²) in [6.45, 7) is 1.96. The molecule has 90 valence electrons. The molecular weight excluding hydrogens is 295 g/mol. The Morgan fingerprint density at radius 3 is 2.72 bits per heavy atom. The van der Waals surface area contributed by atoms with E-state index < -0.39 is 5.82 Å². The molecule has 0 unspecified atom stereocenters. The van der Waals surface area contributed by atoms with Gasteiger partial charge in [-0.25, -0.2) is 4.39 Å². The first-order valence-electron chi connectivity index (χ1n) is 5.33. The van der Waals surface area contributed by atoms with Gasteiger partial charge in [0.25, 0.3) is 0 Å². The predicted octanol–water partition coefficient (Wildman–Crippen LogP) is 4.51. The van der Waals surface area contributed by atoms with Gasteiger partial charge in [-0.15, -0.1) is 0 Å². The fraction of sp³-hybridized carbons (Fsp3) is 0.0714. The maximum absolute atomic E-state index is 13.5. The molecule has 4 heteroatoms. The van der Waals surface area contributed by atoms with Crippen molar-refractivity contribution >= 4 is 27.3 Å². The minimum absolute atomic E-state index is 0.0477. The van der Waals surface area contributed by atoms with E-state index in [2.05, 4.69) is 21.2 Å². The zero-order chi connectivity index (χ0) is 13.1. The van der Waals surface area contributed by atoms with Crippen molar-refractivity contribution in [3.05, 3.63) is 57.8 Å². The Morgan fingerprint density at radius 2 is 2.06 bits per heavy atom. The van der Waals surface area contributed by atoms with E-state index in [9.17, 15) is 4.39 Å². The molecule has 0 fully saturated rings. The van der Waals surface area contributed by atoms with Crippen LogP contribution in [0, 0.1) is 24.1 Å². The van der Waals surface area contributed by atoms with Gasteiger partial charge in [-0.1, -0.05) is 22.0 Å². The number of nitriles is 1. The van der Waals surface area contributed by atoms with Crippen LogP contribution in [0.5, 0.6) is 0 Å². The van der Waals surface area contributed by atoms with Crippen molar-refractivity contribution in [3.63, 3.8) is 0 Å². The first-order valence-corrected chi connectivity index (χ1v) is 6.13. The Morgan fingerprint density at radius 1 is 1.28 bits per heavy atom. The number of nitrogens with zero attached hydrogens (tertiary/aromatic N) is 1. The molecule has 2 aromatic rings. The molecule has 0 aromatic heterocycles. The average molecular weight is 305 g/mol. The summed E-state index contributed by atoms with van der Waals surface area (Å²) in [4.78, 5) is 0. The highest BCUT2D eigenvalue weighted by molar-refractivity contribution is 9.10. The molecule has 2 rings (SSSR count). The third-order valence-electron chi connectivity index (χ3n) is 2.64. The standard InChI is InChI=1S/C14H10BrFN2/c1-9-12(15)3-2-4-14(9)18-11-6-5-10(8-17)13(16)7-11/h2-7,18H,1H3. The summed E-state index contributed by atoms with van der Waals surface area (Å²) in [5, 5.41) is 11.8. The van der Waals surface area contributed by atoms with Gasteiger partial charge < -0.3 is 5.32 Å². The summed E-state index contributed by atoms with van der Waals surface area (Å²) in [6, 6.07) is 12.0. The number of halogens is 2. The van der Waals surface area contributed by atoms with Crippen molar-refractivity contribution in [1.29, 1.82) is 5.26 Å². The third kappa shape index (κ3) is 2.52. The van der Waals surface area contributed by atoms with Crippen molar-refractivity contribution in [2.45, 2.75) is 6.92 Å². The fourth-order valence-corrected chi connectivity index (χ4v) is 1.95. The highest BCUT2D eigenvalue weighted by Crippen LogP contribution is 2.27. The molecule has 0 atom stereocenters. The molecule has 0 bridgehead atoms. The summed E-state index contributed by atoms with van der Waals surface area (Å²) in [6.07, 6.45) is 0. The Bertz CT molecular complexity index is 632. The summed E-state index contributed by atoms with van der Waals surface area (Å²) < 4.78 is 14.4.